The number of rotatable bonds is 8. The van der Waals surface area contributed by atoms with Crippen LogP contribution in [0.2, 0.25) is 0 Å². The van der Waals surface area contributed by atoms with E-state index in [1.54, 1.807) is 48.5 Å². The second kappa shape index (κ2) is 9.40. The zero-order valence-corrected chi connectivity index (χ0v) is 18.0. The van der Waals surface area contributed by atoms with Crippen LogP contribution in [0.3, 0.4) is 0 Å². The molecule has 8 nitrogen and oxygen atoms in total. The van der Waals surface area contributed by atoms with E-state index in [4.69, 9.17) is 14.2 Å². The third kappa shape index (κ3) is 5.26. The van der Waals surface area contributed by atoms with Gasteiger partial charge in [-0.2, -0.15) is 0 Å². The summed E-state index contributed by atoms with van der Waals surface area (Å²) in [6, 6.07) is 17.2. The maximum absolute atomic E-state index is 12.8. The minimum atomic E-state index is -3.90. The minimum Gasteiger partial charge on any atom is -0.497 e. The minimum absolute atomic E-state index is 0.0332. The molecular formula is C22H22N2O6S. The Morgan fingerprint density at radius 3 is 1.90 bits per heavy atom. The van der Waals surface area contributed by atoms with Crippen LogP contribution in [0.15, 0.2) is 71.6 Å². The Balaban J connectivity index is 1.85. The molecule has 0 aliphatic heterocycles. The van der Waals surface area contributed by atoms with Crippen molar-refractivity contribution < 1.29 is 27.4 Å². The van der Waals surface area contributed by atoms with Crippen molar-refractivity contribution in [2.75, 3.05) is 31.4 Å². The number of hydrogen-bond acceptors (Lipinski definition) is 6. The first-order valence-electron chi connectivity index (χ1n) is 9.16. The second-order valence-electron chi connectivity index (χ2n) is 6.38. The maximum atomic E-state index is 12.8. The molecule has 0 heterocycles. The number of anilines is 2. The van der Waals surface area contributed by atoms with Crippen molar-refractivity contribution in [2.24, 2.45) is 0 Å². The Morgan fingerprint density at radius 1 is 0.774 bits per heavy atom. The number of amides is 1. The normalized spacial score (nSPS) is 10.8. The number of methoxy groups -OCH3 is 3. The lowest BCUT2D eigenvalue weighted by Gasteiger charge is -2.14. The van der Waals surface area contributed by atoms with E-state index in [9.17, 15) is 13.2 Å². The van der Waals surface area contributed by atoms with E-state index >= 15 is 0 Å². The summed E-state index contributed by atoms with van der Waals surface area (Å²) in [5, 5.41) is 2.69. The average Bonchev–Trinajstić information content (AvgIpc) is 2.79. The Morgan fingerprint density at radius 2 is 1.35 bits per heavy atom. The molecule has 162 valence electrons. The van der Waals surface area contributed by atoms with Gasteiger partial charge >= 0.3 is 0 Å². The molecule has 0 bridgehead atoms. The van der Waals surface area contributed by atoms with Crippen molar-refractivity contribution in [3.63, 3.8) is 0 Å². The van der Waals surface area contributed by atoms with E-state index in [1.165, 1.54) is 39.5 Å². The van der Waals surface area contributed by atoms with Crippen molar-refractivity contribution >= 4 is 27.3 Å². The van der Waals surface area contributed by atoms with Gasteiger partial charge in [-0.25, -0.2) is 8.42 Å². The second-order valence-corrected chi connectivity index (χ2v) is 8.06. The molecule has 0 radical (unpaired) electrons. The van der Waals surface area contributed by atoms with Gasteiger partial charge in [-0.15, -0.1) is 0 Å². The highest BCUT2D eigenvalue weighted by atomic mass is 32.2. The highest BCUT2D eigenvalue weighted by Gasteiger charge is 2.18. The number of hydrogen-bond donors (Lipinski definition) is 2. The highest BCUT2D eigenvalue weighted by Crippen LogP contribution is 2.29. The fourth-order valence-corrected chi connectivity index (χ4v) is 3.85. The molecule has 0 fully saturated rings. The number of carbonyl (C=O) groups is 1. The molecule has 2 N–H and O–H groups in total. The summed E-state index contributed by atoms with van der Waals surface area (Å²) in [6.45, 7) is 0. The number of benzene rings is 3. The quantitative estimate of drug-likeness (QED) is 0.551. The zero-order valence-electron chi connectivity index (χ0n) is 17.2. The molecule has 0 atom stereocenters. The molecule has 0 spiro atoms. The van der Waals surface area contributed by atoms with Crippen molar-refractivity contribution in [3.05, 3.63) is 72.3 Å². The first-order chi connectivity index (χ1) is 14.9. The van der Waals surface area contributed by atoms with Crippen LogP contribution in [-0.4, -0.2) is 35.7 Å². The standard InChI is InChI=1S/C22H22N2O6S/c1-28-17-8-4-15(5-9-17)22(25)23-20-14-19(12-13-21(20)30-3)31(26,27)24-16-6-10-18(29-2)11-7-16/h4-14,24H,1-3H3,(H,23,25). The molecule has 0 aromatic heterocycles. The van der Waals surface area contributed by atoms with Gasteiger partial charge in [0.15, 0.2) is 0 Å². The van der Waals surface area contributed by atoms with Crippen LogP contribution in [0.25, 0.3) is 0 Å². The van der Waals surface area contributed by atoms with Gasteiger partial charge in [0.05, 0.1) is 31.9 Å². The van der Waals surface area contributed by atoms with Gasteiger partial charge in [0.1, 0.15) is 17.2 Å². The fraction of sp³-hybridized carbons (Fsp3) is 0.136. The molecule has 3 aromatic rings. The summed E-state index contributed by atoms with van der Waals surface area (Å²) in [6.07, 6.45) is 0. The third-order valence-electron chi connectivity index (χ3n) is 4.42. The molecule has 1 amide bonds. The van der Waals surface area contributed by atoms with E-state index in [-0.39, 0.29) is 10.6 Å². The van der Waals surface area contributed by atoms with Crippen molar-refractivity contribution in [1.82, 2.24) is 0 Å². The van der Waals surface area contributed by atoms with Gasteiger partial charge < -0.3 is 19.5 Å². The molecule has 0 saturated carbocycles. The van der Waals surface area contributed by atoms with Crippen molar-refractivity contribution in [2.45, 2.75) is 4.90 Å². The molecular weight excluding hydrogens is 420 g/mol. The lowest BCUT2D eigenvalue weighted by atomic mass is 10.2. The average molecular weight is 442 g/mol. The lowest BCUT2D eigenvalue weighted by molar-refractivity contribution is 0.102. The largest absolute Gasteiger partial charge is 0.497 e. The third-order valence-corrected chi connectivity index (χ3v) is 5.80. The van der Waals surface area contributed by atoms with Crippen molar-refractivity contribution in [1.29, 1.82) is 0 Å². The van der Waals surface area contributed by atoms with Crippen LogP contribution in [0, 0.1) is 0 Å². The fourth-order valence-electron chi connectivity index (χ4n) is 2.76. The summed E-state index contributed by atoms with van der Waals surface area (Å²) in [4.78, 5) is 12.6. The SMILES string of the molecule is COc1ccc(NS(=O)(=O)c2ccc(OC)c(NC(=O)c3ccc(OC)cc3)c2)cc1. The summed E-state index contributed by atoms with van der Waals surface area (Å²) in [7, 11) is 0.588. The Kier molecular flexibility index (Phi) is 6.66. The zero-order chi connectivity index (χ0) is 22.4. The first kappa shape index (κ1) is 22.0. The number of carbonyl (C=O) groups excluding carboxylic acids is 1. The van der Waals surface area contributed by atoms with Gasteiger partial charge in [0, 0.05) is 11.3 Å². The van der Waals surface area contributed by atoms with E-state index in [0.717, 1.165) is 0 Å². The Bertz CT molecular complexity index is 1160. The van der Waals surface area contributed by atoms with Crippen LogP contribution < -0.4 is 24.2 Å². The molecule has 3 aromatic carbocycles. The topological polar surface area (TPSA) is 103 Å². The molecule has 0 aliphatic carbocycles. The van der Waals surface area contributed by atoms with Crippen LogP contribution >= 0.6 is 0 Å². The first-order valence-corrected chi connectivity index (χ1v) is 10.6. The summed E-state index contributed by atoms with van der Waals surface area (Å²) in [5.41, 5.74) is 0.980. The lowest BCUT2D eigenvalue weighted by Crippen LogP contribution is -2.15. The van der Waals surface area contributed by atoms with Crippen molar-refractivity contribution in [3.8, 4) is 17.2 Å². The monoisotopic (exact) mass is 442 g/mol. The Labute approximate surface area is 180 Å². The molecule has 31 heavy (non-hydrogen) atoms. The van der Waals surface area contributed by atoms with Gasteiger partial charge in [-0.1, -0.05) is 0 Å². The molecule has 3 rings (SSSR count). The maximum Gasteiger partial charge on any atom is 0.261 e. The summed E-state index contributed by atoms with van der Waals surface area (Å²) in [5.74, 6) is 1.13. The molecule has 9 heteroatoms. The molecule has 0 aliphatic rings. The number of nitrogens with one attached hydrogen (secondary N) is 2. The van der Waals surface area contributed by atoms with Crippen LogP contribution in [0.5, 0.6) is 17.2 Å². The van der Waals surface area contributed by atoms with Crippen LogP contribution in [0.1, 0.15) is 10.4 Å². The number of ether oxygens (including phenoxy) is 3. The van der Waals surface area contributed by atoms with E-state index in [0.29, 0.717) is 28.5 Å². The van der Waals surface area contributed by atoms with Crippen LogP contribution in [0.4, 0.5) is 11.4 Å². The van der Waals surface area contributed by atoms with Gasteiger partial charge in [-0.3, -0.25) is 9.52 Å². The molecule has 0 saturated heterocycles. The van der Waals surface area contributed by atoms with Gasteiger partial charge in [-0.05, 0) is 66.7 Å². The number of sulfonamides is 1. The van der Waals surface area contributed by atoms with Crippen LogP contribution in [-0.2, 0) is 10.0 Å². The molecule has 0 unspecified atom stereocenters. The van der Waals surface area contributed by atoms with E-state index in [2.05, 4.69) is 10.0 Å². The highest BCUT2D eigenvalue weighted by molar-refractivity contribution is 7.92. The van der Waals surface area contributed by atoms with Gasteiger partial charge in [0.2, 0.25) is 0 Å². The predicted octanol–water partition coefficient (Wildman–Crippen LogP) is 3.77. The van der Waals surface area contributed by atoms with Gasteiger partial charge in [0.25, 0.3) is 15.9 Å². The Hall–Kier alpha value is -3.72. The van der Waals surface area contributed by atoms with E-state index in [1.807, 2.05) is 0 Å². The van der Waals surface area contributed by atoms with E-state index < -0.39 is 15.9 Å². The smallest absolute Gasteiger partial charge is 0.261 e. The summed E-state index contributed by atoms with van der Waals surface area (Å²) >= 11 is 0. The summed E-state index contributed by atoms with van der Waals surface area (Å²) < 4.78 is 43.6. The predicted molar refractivity (Wildman–Crippen MR) is 118 cm³/mol.